The Morgan fingerprint density at radius 3 is 2.82 bits per heavy atom. The summed E-state index contributed by atoms with van der Waals surface area (Å²) in [5, 5.41) is 3.45. The fourth-order valence-electron chi connectivity index (χ4n) is 2.76. The molecule has 0 saturated carbocycles. The van der Waals surface area contributed by atoms with E-state index in [0.717, 1.165) is 30.5 Å². The predicted octanol–water partition coefficient (Wildman–Crippen LogP) is 2.84. The standard InChI is InChI=1S/C15H17NO/c17-15-12-7-4-3-6-11(12)10-13(15)14-8-2-1-5-9-16-14/h3-4,6-7,16H,1-2,5,8-10H2/b14-13-. The number of Topliss-reactive ketones (excluding diaryl/α,β-unsaturated/α-hetero) is 1. The van der Waals surface area contributed by atoms with E-state index in [1.54, 1.807) is 0 Å². The lowest BCUT2D eigenvalue weighted by Gasteiger charge is -2.09. The Kier molecular flexibility index (Phi) is 2.71. The van der Waals surface area contributed by atoms with Crippen LogP contribution in [0.25, 0.3) is 0 Å². The average molecular weight is 227 g/mol. The molecule has 17 heavy (non-hydrogen) atoms. The van der Waals surface area contributed by atoms with E-state index in [-0.39, 0.29) is 5.78 Å². The second-order valence-corrected chi connectivity index (χ2v) is 4.86. The quantitative estimate of drug-likeness (QED) is 0.690. The highest BCUT2D eigenvalue weighted by molar-refractivity contribution is 6.13. The highest BCUT2D eigenvalue weighted by atomic mass is 16.1. The molecule has 0 spiro atoms. The fourth-order valence-corrected chi connectivity index (χ4v) is 2.76. The van der Waals surface area contributed by atoms with Crippen molar-refractivity contribution in [2.75, 3.05) is 6.54 Å². The van der Waals surface area contributed by atoms with Gasteiger partial charge in [-0.3, -0.25) is 4.79 Å². The van der Waals surface area contributed by atoms with E-state index in [4.69, 9.17) is 0 Å². The lowest BCUT2D eigenvalue weighted by Crippen LogP contribution is -2.16. The molecule has 1 aromatic rings. The van der Waals surface area contributed by atoms with Crippen LogP contribution >= 0.6 is 0 Å². The molecule has 0 aromatic heterocycles. The van der Waals surface area contributed by atoms with E-state index in [1.807, 2.05) is 18.2 Å². The van der Waals surface area contributed by atoms with Crippen LogP contribution in [0.1, 0.15) is 41.6 Å². The van der Waals surface area contributed by atoms with Crippen molar-refractivity contribution in [1.82, 2.24) is 5.32 Å². The molecule has 1 N–H and O–H groups in total. The zero-order chi connectivity index (χ0) is 11.7. The third kappa shape index (κ3) is 1.88. The fraction of sp³-hybridized carbons (Fsp3) is 0.400. The molecule has 1 aliphatic heterocycles. The van der Waals surface area contributed by atoms with Crippen LogP contribution in [0.2, 0.25) is 0 Å². The molecule has 2 nitrogen and oxygen atoms in total. The molecule has 0 unspecified atom stereocenters. The Hall–Kier alpha value is -1.57. The van der Waals surface area contributed by atoms with Crippen LogP contribution in [0, 0.1) is 0 Å². The second kappa shape index (κ2) is 4.36. The lowest BCUT2D eigenvalue weighted by molar-refractivity contribution is 0.103. The average Bonchev–Trinajstić information content (AvgIpc) is 2.57. The number of hydrogen-bond donors (Lipinski definition) is 1. The molecular weight excluding hydrogens is 210 g/mol. The van der Waals surface area contributed by atoms with E-state index in [9.17, 15) is 4.79 Å². The predicted molar refractivity (Wildman–Crippen MR) is 68.0 cm³/mol. The zero-order valence-corrected chi connectivity index (χ0v) is 9.96. The molecule has 1 saturated heterocycles. The van der Waals surface area contributed by atoms with Crippen LogP contribution in [0.15, 0.2) is 35.5 Å². The van der Waals surface area contributed by atoms with Crippen molar-refractivity contribution in [3.8, 4) is 0 Å². The molecule has 3 rings (SSSR count). The molecule has 2 aliphatic rings. The molecule has 1 fully saturated rings. The maximum atomic E-state index is 12.3. The van der Waals surface area contributed by atoms with Crippen LogP contribution in [0.3, 0.4) is 0 Å². The summed E-state index contributed by atoms with van der Waals surface area (Å²) in [7, 11) is 0. The van der Waals surface area contributed by atoms with E-state index in [0.29, 0.717) is 0 Å². The third-order valence-corrected chi connectivity index (χ3v) is 3.71. The molecule has 0 bridgehead atoms. The van der Waals surface area contributed by atoms with Gasteiger partial charge in [0.05, 0.1) is 0 Å². The third-order valence-electron chi connectivity index (χ3n) is 3.71. The highest BCUT2D eigenvalue weighted by Gasteiger charge is 2.27. The topological polar surface area (TPSA) is 29.1 Å². The van der Waals surface area contributed by atoms with Crippen LogP contribution in [0.4, 0.5) is 0 Å². The van der Waals surface area contributed by atoms with Gasteiger partial charge in [-0.15, -0.1) is 0 Å². The Bertz CT molecular complexity index is 477. The number of carbonyl (C=O) groups is 1. The van der Waals surface area contributed by atoms with E-state index >= 15 is 0 Å². The first-order chi connectivity index (χ1) is 8.36. The number of nitrogens with one attached hydrogen (secondary N) is 1. The van der Waals surface area contributed by atoms with Crippen molar-refractivity contribution in [2.45, 2.75) is 32.1 Å². The van der Waals surface area contributed by atoms with Crippen molar-refractivity contribution >= 4 is 5.78 Å². The highest BCUT2D eigenvalue weighted by Crippen LogP contribution is 2.29. The van der Waals surface area contributed by atoms with Gasteiger partial charge < -0.3 is 5.32 Å². The number of hydrogen-bond acceptors (Lipinski definition) is 2. The molecule has 1 aromatic carbocycles. The maximum absolute atomic E-state index is 12.3. The Morgan fingerprint density at radius 2 is 1.94 bits per heavy atom. The van der Waals surface area contributed by atoms with Gasteiger partial charge in [0.2, 0.25) is 0 Å². The van der Waals surface area contributed by atoms with Crippen LogP contribution in [0.5, 0.6) is 0 Å². The Labute approximate surface area is 102 Å². The Morgan fingerprint density at radius 1 is 1.06 bits per heavy atom. The minimum atomic E-state index is 0.241. The number of allylic oxidation sites excluding steroid dienone is 2. The lowest BCUT2D eigenvalue weighted by atomic mass is 10.1. The van der Waals surface area contributed by atoms with E-state index in [2.05, 4.69) is 11.4 Å². The first-order valence-corrected chi connectivity index (χ1v) is 6.45. The summed E-state index contributed by atoms with van der Waals surface area (Å²) in [5.74, 6) is 0.241. The summed E-state index contributed by atoms with van der Waals surface area (Å²) in [5.41, 5.74) is 4.30. The van der Waals surface area contributed by atoms with Gasteiger partial charge in [0.15, 0.2) is 5.78 Å². The molecule has 0 atom stereocenters. The van der Waals surface area contributed by atoms with Gasteiger partial charge in [0.1, 0.15) is 0 Å². The van der Waals surface area contributed by atoms with E-state index < -0.39 is 0 Å². The smallest absolute Gasteiger partial charge is 0.191 e. The first kappa shape index (κ1) is 10.6. The Balaban J connectivity index is 1.97. The number of benzene rings is 1. The normalized spacial score (nSPS) is 24.1. The summed E-state index contributed by atoms with van der Waals surface area (Å²) in [6.07, 6.45) is 5.55. The number of rotatable bonds is 0. The van der Waals surface area contributed by atoms with E-state index in [1.165, 1.54) is 30.5 Å². The number of ketones is 1. The van der Waals surface area contributed by atoms with Crippen molar-refractivity contribution < 1.29 is 4.79 Å². The van der Waals surface area contributed by atoms with Crippen molar-refractivity contribution in [2.24, 2.45) is 0 Å². The van der Waals surface area contributed by atoms with Crippen LogP contribution < -0.4 is 5.32 Å². The largest absolute Gasteiger partial charge is 0.388 e. The summed E-state index contributed by atoms with van der Waals surface area (Å²) in [6, 6.07) is 7.98. The molecule has 88 valence electrons. The van der Waals surface area contributed by atoms with Crippen LogP contribution in [-0.4, -0.2) is 12.3 Å². The molecule has 2 heteroatoms. The number of fused-ring (bicyclic) bond motifs is 1. The van der Waals surface area contributed by atoms with Gasteiger partial charge in [-0.1, -0.05) is 30.7 Å². The monoisotopic (exact) mass is 227 g/mol. The minimum Gasteiger partial charge on any atom is -0.388 e. The SMILES string of the molecule is O=C1/C(=C2/CCCCCN2)Cc2ccccc21. The van der Waals surface area contributed by atoms with Crippen LogP contribution in [-0.2, 0) is 6.42 Å². The summed E-state index contributed by atoms with van der Waals surface area (Å²) < 4.78 is 0. The molecule has 1 aliphatic carbocycles. The second-order valence-electron chi connectivity index (χ2n) is 4.86. The molecule has 0 amide bonds. The van der Waals surface area contributed by atoms with Gasteiger partial charge in [-0.05, 0) is 24.8 Å². The molecular formula is C15H17NO. The zero-order valence-electron chi connectivity index (χ0n) is 9.96. The molecule has 0 radical (unpaired) electrons. The van der Waals surface area contributed by atoms with Gasteiger partial charge in [-0.25, -0.2) is 0 Å². The summed E-state index contributed by atoms with van der Waals surface area (Å²) in [4.78, 5) is 12.3. The van der Waals surface area contributed by atoms with Gasteiger partial charge in [0.25, 0.3) is 0 Å². The molecule has 1 heterocycles. The van der Waals surface area contributed by atoms with Crippen molar-refractivity contribution in [3.63, 3.8) is 0 Å². The first-order valence-electron chi connectivity index (χ1n) is 6.45. The summed E-state index contributed by atoms with van der Waals surface area (Å²) >= 11 is 0. The number of carbonyl (C=O) groups excluding carboxylic acids is 1. The minimum absolute atomic E-state index is 0.241. The van der Waals surface area contributed by atoms with Gasteiger partial charge >= 0.3 is 0 Å². The van der Waals surface area contributed by atoms with Crippen molar-refractivity contribution in [1.29, 1.82) is 0 Å². The maximum Gasteiger partial charge on any atom is 0.191 e. The van der Waals surface area contributed by atoms with Gasteiger partial charge in [0, 0.05) is 29.8 Å². The van der Waals surface area contributed by atoms with Crippen molar-refractivity contribution in [3.05, 3.63) is 46.7 Å². The van der Waals surface area contributed by atoms with Gasteiger partial charge in [-0.2, -0.15) is 0 Å². The summed E-state index contributed by atoms with van der Waals surface area (Å²) in [6.45, 7) is 1.02.